The van der Waals surface area contributed by atoms with E-state index in [1.807, 2.05) is 0 Å². The SMILES string of the molecule is COB(OC)C(Cl)Cl. The maximum absolute atomic E-state index is 5.36. The summed E-state index contributed by atoms with van der Waals surface area (Å²) in [4.78, 5) is 0. The molecule has 0 aliphatic heterocycles. The summed E-state index contributed by atoms with van der Waals surface area (Å²) >= 11 is 10.7. The molecule has 0 fully saturated rings. The first-order chi connectivity index (χ1) is 3.72. The molecule has 0 unspecified atom stereocenters. The fourth-order valence-electron chi connectivity index (χ4n) is 0.302. The van der Waals surface area contributed by atoms with Gasteiger partial charge in [0.1, 0.15) is 4.74 Å². The van der Waals surface area contributed by atoms with Gasteiger partial charge in [-0.3, -0.25) is 0 Å². The van der Waals surface area contributed by atoms with Gasteiger partial charge in [0.15, 0.2) is 0 Å². The van der Waals surface area contributed by atoms with Crippen molar-refractivity contribution in [2.75, 3.05) is 14.2 Å². The lowest BCUT2D eigenvalue weighted by Crippen LogP contribution is -2.27. The van der Waals surface area contributed by atoms with Crippen LogP contribution in [0.25, 0.3) is 0 Å². The summed E-state index contributed by atoms with van der Waals surface area (Å²) in [5.74, 6) is 0. The standard InChI is InChI=1S/C3H7BCl2O2/c1-7-4(8-2)3(5)6/h3H,1-2H3. The van der Waals surface area contributed by atoms with Crippen LogP contribution >= 0.6 is 23.2 Å². The van der Waals surface area contributed by atoms with Crippen molar-refractivity contribution in [3.63, 3.8) is 0 Å². The zero-order valence-corrected chi connectivity index (χ0v) is 6.24. The topological polar surface area (TPSA) is 18.5 Å². The Balaban J connectivity index is 3.35. The fourth-order valence-corrected chi connectivity index (χ4v) is 0.713. The fraction of sp³-hybridized carbons (Fsp3) is 1.00. The summed E-state index contributed by atoms with van der Waals surface area (Å²) in [5.41, 5.74) is 0. The summed E-state index contributed by atoms with van der Waals surface area (Å²) in [6, 6.07) is 0. The minimum atomic E-state index is -0.620. The van der Waals surface area contributed by atoms with E-state index in [2.05, 4.69) is 9.31 Å². The molecule has 48 valence electrons. The Morgan fingerprint density at radius 3 is 1.62 bits per heavy atom. The molecule has 0 saturated carbocycles. The third kappa shape index (κ3) is 2.77. The molecular weight excluding hydrogens is 150 g/mol. The molecule has 0 aromatic carbocycles. The highest BCUT2D eigenvalue weighted by molar-refractivity contribution is 6.72. The van der Waals surface area contributed by atoms with Crippen LogP contribution in [0.15, 0.2) is 0 Å². The maximum atomic E-state index is 5.36. The first kappa shape index (κ1) is 8.56. The highest BCUT2D eigenvalue weighted by Gasteiger charge is 2.23. The van der Waals surface area contributed by atoms with Gasteiger partial charge < -0.3 is 9.31 Å². The van der Waals surface area contributed by atoms with Gasteiger partial charge in [-0.05, 0) is 0 Å². The Hall–Kier alpha value is 0.565. The molecule has 0 heterocycles. The predicted molar refractivity (Wildman–Crippen MR) is 35.3 cm³/mol. The largest absolute Gasteiger partial charge is 0.491 e. The molecule has 8 heavy (non-hydrogen) atoms. The van der Waals surface area contributed by atoms with Crippen molar-refractivity contribution in [3.05, 3.63) is 0 Å². The normalized spacial score (nSPS) is 10.1. The predicted octanol–water partition coefficient (Wildman–Crippen LogP) is 1.11. The molecule has 0 atom stereocenters. The van der Waals surface area contributed by atoms with E-state index in [4.69, 9.17) is 23.2 Å². The molecule has 0 aromatic rings. The van der Waals surface area contributed by atoms with Crippen LogP contribution in [0.2, 0.25) is 0 Å². The molecule has 2 nitrogen and oxygen atoms in total. The van der Waals surface area contributed by atoms with Crippen molar-refractivity contribution < 1.29 is 9.31 Å². The Labute approximate surface area is 59.2 Å². The Kier molecular flexibility index (Phi) is 4.76. The lowest BCUT2D eigenvalue weighted by molar-refractivity contribution is 0.281. The van der Waals surface area contributed by atoms with Crippen LogP contribution in [-0.2, 0) is 9.31 Å². The van der Waals surface area contributed by atoms with E-state index in [0.29, 0.717) is 0 Å². The van der Waals surface area contributed by atoms with Gasteiger partial charge in [0.2, 0.25) is 0 Å². The quantitative estimate of drug-likeness (QED) is 0.451. The first-order valence-corrected chi connectivity index (χ1v) is 2.93. The van der Waals surface area contributed by atoms with Crippen LogP contribution in [0.4, 0.5) is 0 Å². The number of hydrogen-bond acceptors (Lipinski definition) is 2. The van der Waals surface area contributed by atoms with Crippen molar-refractivity contribution in [1.29, 1.82) is 0 Å². The van der Waals surface area contributed by atoms with E-state index in [1.165, 1.54) is 14.2 Å². The van der Waals surface area contributed by atoms with Crippen molar-refractivity contribution in [3.8, 4) is 0 Å². The molecule has 0 N–H and O–H groups in total. The number of alkyl halides is 2. The summed E-state index contributed by atoms with van der Waals surface area (Å²) in [7, 11) is 2.44. The van der Waals surface area contributed by atoms with Gasteiger partial charge in [0.05, 0.1) is 0 Å². The van der Waals surface area contributed by atoms with Crippen LogP contribution in [0.5, 0.6) is 0 Å². The average Bonchev–Trinajstić information content (AvgIpc) is 1.69. The number of halogens is 2. The molecule has 5 heteroatoms. The molecule has 0 bridgehead atoms. The Morgan fingerprint density at radius 1 is 1.25 bits per heavy atom. The second kappa shape index (κ2) is 4.44. The monoisotopic (exact) mass is 156 g/mol. The molecule has 0 radical (unpaired) electrons. The zero-order valence-electron chi connectivity index (χ0n) is 4.73. The van der Waals surface area contributed by atoms with Gasteiger partial charge in [-0.15, -0.1) is 23.2 Å². The average molecular weight is 157 g/mol. The Bertz CT molecular complexity index is 57.2. The summed E-state index contributed by atoms with van der Waals surface area (Å²) in [6.07, 6.45) is 0. The summed E-state index contributed by atoms with van der Waals surface area (Å²) in [5, 5.41) is 0. The molecule has 0 aromatic heterocycles. The van der Waals surface area contributed by atoms with E-state index >= 15 is 0 Å². The third-order valence-electron chi connectivity index (χ3n) is 0.670. The van der Waals surface area contributed by atoms with Crippen molar-refractivity contribution in [1.82, 2.24) is 0 Å². The van der Waals surface area contributed by atoms with Crippen LogP contribution in [-0.4, -0.2) is 26.1 Å². The van der Waals surface area contributed by atoms with Gasteiger partial charge in [0, 0.05) is 14.2 Å². The molecule has 0 spiro atoms. The van der Waals surface area contributed by atoms with Crippen LogP contribution in [0.3, 0.4) is 0 Å². The van der Waals surface area contributed by atoms with Crippen LogP contribution in [0.1, 0.15) is 0 Å². The van der Waals surface area contributed by atoms with E-state index in [9.17, 15) is 0 Å². The van der Waals surface area contributed by atoms with Gasteiger partial charge in [-0.25, -0.2) is 0 Å². The minimum absolute atomic E-state index is 0.515. The first-order valence-electron chi connectivity index (χ1n) is 2.06. The summed E-state index contributed by atoms with van der Waals surface area (Å²) in [6.45, 7) is 0. The minimum Gasteiger partial charge on any atom is -0.412 e. The van der Waals surface area contributed by atoms with Crippen LogP contribution in [0, 0.1) is 0 Å². The van der Waals surface area contributed by atoms with Crippen molar-refractivity contribution >= 4 is 30.3 Å². The van der Waals surface area contributed by atoms with Crippen molar-refractivity contribution in [2.24, 2.45) is 0 Å². The Morgan fingerprint density at radius 2 is 1.62 bits per heavy atom. The zero-order chi connectivity index (χ0) is 6.57. The highest BCUT2D eigenvalue weighted by atomic mass is 35.5. The van der Waals surface area contributed by atoms with Crippen molar-refractivity contribution in [2.45, 2.75) is 4.74 Å². The van der Waals surface area contributed by atoms with Gasteiger partial charge in [-0.1, -0.05) is 0 Å². The second-order valence-corrected chi connectivity index (χ2v) is 2.34. The third-order valence-corrected chi connectivity index (χ3v) is 1.08. The maximum Gasteiger partial charge on any atom is 0.491 e. The van der Waals surface area contributed by atoms with Gasteiger partial charge in [-0.2, -0.15) is 0 Å². The van der Waals surface area contributed by atoms with Crippen LogP contribution < -0.4 is 0 Å². The second-order valence-electron chi connectivity index (χ2n) is 1.17. The van der Waals surface area contributed by atoms with Gasteiger partial charge >= 0.3 is 7.12 Å². The lowest BCUT2D eigenvalue weighted by atomic mass is 9.95. The lowest BCUT2D eigenvalue weighted by Gasteiger charge is -2.06. The molecular formula is C3H7BCl2O2. The van der Waals surface area contributed by atoms with E-state index < -0.39 is 11.9 Å². The number of rotatable bonds is 3. The molecule has 0 aliphatic rings. The number of hydrogen-bond donors (Lipinski definition) is 0. The molecule has 0 saturated heterocycles. The van der Waals surface area contributed by atoms with Gasteiger partial charge in [0.25, 0.3) is 0 Å². The van der Waals surface area contributed by atoms with E-state index in [0.717, 1.165) is 0 Å². The molecule has 0 rings (SSSR count). The molecule has 0 amide bonds. The molecule has 0 aliphatic carbocycles. The smallest absolute Gasteiger partial charge is 0.412 e. The summed E-state index contributed by atoms with van der Waals surface area (Å²) < 4.78 is 8.73. The van der Waals surface area contributed by atoms with E-state index in [-0.39, 0.29) is 0 Å². The van der Waals surface area contributed by atoms with E-state index in [1.54, 1.807) is 0 Å². The highest BCUT2D eigenvalue weighted by Crippen LogP contribution is 2.06.